The molecule has 1 aliphatic heterocycles. The highest BCUT2D eigenvalue weighted by molar-refractivity contribution is 9.15. The molecule has 1 N–H and O–H groups in total. The average molecular weight is 774 g/mol. The third-order valence-electron chi connectivity index (χ3n) is 5.75. The monoisotopic (exact) mass is 770 g/mol. The number of anilines is 2. The van der Waals surface area contributed by atoms with Gasteiger partial charge in [-0.2, -0.15) is 0 Å². The third kappa shape index (κ3) is 6.35. The molecule has 0 saturated heterocycles. The minimum atomic E-state index is -0.354. The van der Waals surface area contributed by atoms with Crippen LogP contribution in [0.15, 0.2) is 48.2 Å². The summed E-state index contributed by atoms with van der Waals surface area (Å²) in [7, 11) is 0. The van der Waals surface area contributed by atoms with Gasteiger partial charge < -0.3 is 10.1 Å². The van der Waals surface area contributed by atoms with Crippen molar-refractivity contribution in [3.8, 4) is 5.75 Å². The molecule has 2 heterocycles. The molecule has 8 nitrogen and oxygen atoms in total. The smallest absolute Gasteiger partial charge is 0.311 e. The van der Waals surface area contributed by atoms with E-state index in [0.717, 1.165) is 11.4 Å². The number of unbranched alkanes of at least 4 members (excludes halogenated alkanes) is 2. The number of aromatic nitrogens is 2. The fraction of sp³-hybridized carbons (Fsp3) is 0.269. The number of aryl methyl sites for hydroxylation is 2. The Kier molecular flexibility index (Phi) is 9.38. The lowest BCUT2D eigenvalue weighted by Crippen LogP contribution is -2.30. The van der Waals surface area contributed by atoms with Crippen molar-refractivity contribution >= 4 is 93.1 Å². The topological polar surface area (TPSA) is 101 Å². The van der Waals surface area contributed by atoms with Crippen molar-refractivity contribution in [1.82, 2.24) is 14.9 Å². The lowest BCUT2D eigenvalue weighted by molar-refractivity contribution is -0.134. The number of halogens is 4. The number of imide groups is 1. The molecule has 3 aromatic rings. The first-order valence-corrected chi connectivity index (χ1v) is 14.9. The molecule has 0 spiro atoms. The van der Waals surface area contributed by atoms with Crippen LogP contribution in [-0.4, -0.2) is 39.2 Å². The molecule has 0 saturated carbocycles. The molecule has 12 heteroatoms. The van der Waals surface area contributed by atoms with Gasteiger partial charge in [0.1, 0.15) is 5.75 Å². The van der Waals surface area contributed by atoms with Gasteiger partial charge in [0.15, 0.2) is 0 Å². The molecule has 2 aromatic carbocycles. The minimum absolute atomic E-state index is 0.219. The first-order chi connectivity index (χ1) is 18.1. The second kappa shape index (κ2) is 12.4. The van der Waals surface area contributed by atoms with Crippen molar-refractivity contribution < 1.29 is 19.1 Å². The molecule has 0 unspecified atom stereocenters. The van der Waals surface area contributed by atoms with Crippen LogP contribution < -0.4 is 10.1 Å². The number of carbonyl (C=O) groups excluding carboxylic acids is 3. The van der Waals surface area contributed by atoms with Crippen LogP contribution in [0.4, 0.5) is 11.6 Å². The molecule has 0 radical (unpaired) electrons. The van der Waals surface area contributed by atoms with Gasteiger partial charge in [0, 0.05) is 54.0 Å². The third-order valence-corrected chi connectivity index (χ3v) is 10.5. The molecular formula is C26H22Br4N4O4. The summed E-state index contributed by atoms with van der Waals surface area (Å²) < 4.78 is 7.87. The predicted octanol–water partition coefficient (Wildman–Crippen LogP) is 7.65. The van der Waals surface area contributed by atoms with Gasteiger partial charge in [-0.15, -0.1) is 0 Å². The lowest BCUT2D eigenvalue weighted by atomic mass is 10.1. The number of benzene rings is 2. The number of carbonyl (C=O) groups is 3. The van der Waals surface area contributed by atoms with E-state index in [1.807, 2.05) is 26.0 Å². The van der Waals surface area contributed by atoms with E-state index in [-0.39, 0.29) is 30.7 Å². The van der Waals surface area contributed by atoms with Crippen molar-refractivity contribution in [1.29, 1.82) is 0 Å². The molecular weight excluding hydrogens is 752 g/mol. The van der Waals surface area contributed by atoms with Crippen molar-refractivity contribution in [2.24, 2.45) is 0 Å². The molecule has 198 valence electrons. The van der Waals surface area contributed by atoms with Crippen molar-refractivity contribution in [3.05, 3.63) is 70.7 Å². The highest BCUT2D eigenvalue weighted by Gasteiger charge is 2.40. The number of nitrogens with one attached hydrogen (secondary N) is 1. The van der Waals surface area contributed by atoms with E-state index in [2.05, 4.69) is 79.0 Å². The quantitative estimate of drug-likeness (QED) is 0.0596. The van der Waals surface area contributed by atoms with Crippen LogP contribution in [0.2, 0.25) is 0 Å². The molecule has 0 aliphatic carbocycles. The summed E-state index contributed by atoms with van der Waals surface area (Å²) in [6.07, 6.45) is 2.02. The molecule has 4 rings (SSSR count). The van der Waals surface area contributed by atoms with Crippen molar-refractivity contribution in [2.45, 2.75) is 39.5 Å². The molecule has 2 amide bonds. The zero-order chi connectivity index (χ0) is 27.6. The van der Waals surface area contributed by atoms with Crippen LogP contribution in [0, 0.1) is 13.8 Å². The maximum atomic E-state index is 12.9. The van der Waals surface area contributed by atoms with E-state index >= 15 is 0 Å². The summed E-state index contributed by atoms with van der Waals surface area (Å²) >= 11 is 13.7. The molecule has 38 heavy (non-hydrogen) atoms. The summed E-state index contributed by atoms with van der Waals surface area (Å²) in [4.78, 5) is 48.2. The summed E-state index contributed by atoms with van der Waals surface area (Å²) in [5, 5.41) is 3.13. The fourth-order valence-electron chi connectivity index (χ4n) is 4.05. The summed E-state index contributed by atoms with van der Waals surface area (Å²) in [6.45, 7) is 4.06. The Hall–Kier alpha value is -2.15. The maximum Gasteiger partial charge on any atom is 0.311 e. The van der Waals surface area contributed by atoms with Crippen molar-refractivity contribution in [3.63, 3.8) is 0 Å². The number of ether oxygens (including phenoxy) is 1. The Balaban J connectivity index is 1.25. The predicted molar refractivity (Wildman–Crippen MR) is 158 cm³/mol. The molecule has 0 fully saturated rings. The number of esters is 1. The van der Waals surface area contributed by atoms with E-state index in [0.29, 0.717) is 65.7 Å². The average Bonchev–Trinajstić information content (AvgIpc) is 3.10. The van der Waals surface area contributed by atoms with Gasteiger partial charge in [-0.05, 0) is 109 Å². The summed E-state index contributed by atoms with van der Waals surface area (Å²) in [5.74, 6) is -0.143. The highest BCUT2D eigenvalue weighted by Crippen LogP contribution is 2.45. The van der Waals surface area contributed by atoms with Crippen LogP contribution >= 0.6 is 63.7 Å². The van der Waals surface area contributed by atoms with Gasteiger partial charge in [-0.25, -0.2) is 9.97 Å². The second-order valence-corrected chi connectivity index (χ2v) is 11.9. The Morgan fingerprint density at radius 2 is 1.47 bits per heavy atom. The summed E-state index contributed by atoms with van der Waals surface area (Å²) in [5.41, 5.74) is 3.08. The molecule has 0 atom stereocenters. The zero-order valence-electron chi connectivity index (χ0n) is 20.4. The number of fused-ring (bicyclic) bond motifs is 1. The Morgan fingerprint density at radius 1 is 0.868 bits per heavy atom. The first kappa shape index (κ1) is 28.8. The van der Waals surface area contributed by atoms with Crippen LogP contribution in [0.3, 0.4) is 0 Å². The number of hydrogen-bond acceptors (Lipinski definition) is 7. The zero-order valence-corrected chi connectivity index (χ0v) is 26.8. The maximum absolute atomic E-state index is 12.9. The van der Waals surface area contributed by atoms with Crippen LogP contribution in [0.5, 0.6) is 5.75 Å². The van der Waals surface area contributed by atoms with E-state index < -0.39 is 0 Å². The largest absolute Gasteiger partial charge is 0.426 e. The number of amides is 2. The first-order valence-electron chi connectivity index (χ1n) is 11.7. The van der Waals surface area contributed by atoms with Gasteiger partial charge in [0.05, 0.1) is 11.1 Å². The Labute approximate surface area is 253 Å². The van der Waals surface area contributed by atoms with Gasteiger partial charge in [-0.3, -0.25) is 19.3 Å². The normalized spacial score (nSPS) is 12.6. The van der Waals surface area contributed by atoms with Crippen LogP contribution in [0.25, 0.3) is 0 Å². The van der Waals surface area contributed by atoms with Gasteiger partial charge in [-0.1, -0.05) is 12.5 Å². The standard InChI is InChI=1S/C26H22Br4N4O4/c1-13-11-14(2)32-26(31-13)33-15-7-6-8-16(12-15)38-17(35)9-4-3-5-10-34-24(36)18-19(25(34)37)21(28)23(30)22(29)20(18)27/h6-8,11-12H,3-5,9-10H2,1-2H3,(H,31,32,33). The molecule has 0 bridgehead atoms. The number of hydrogen-bond donors (Lipinski definition) is 1. The van der Waals surface area contributed by atoms with Crippen LogP contribution in [0.1, 0.15) is 57.8 Å². The number of nitrogens with zero attached hydrogens (tertiary/aromatic N) is 3. The van der Waals surface area contributed by atoms with Crippen molar-refractivity contribution in [2.75, 3.05) is 11.9 Å². The van der Waals surface area contributed by atoms with E-state index in [1.165, 1.54) is 4.90 Å². The Morgan fingerprint density at radius 3 is 2.08 bits per heavy atom. The summed E-state index contributed by atoms with van der Waals surface area (Å²) in [6, 6.07) is 8.93. The minimum Gasteiger partial charge on any atom is -0.426 e. The highest BCUT2D eigenvalue weighted by atomic mass is 79.9. The Bertz CT molecular complexity index is 1380. The molecule has 1 aliphatic rings. The van der Waals surface area contributed by atoms with E-state index in [9.17, 15) is 14.4 Å². The van der Waals surface area contributed by atoms with Gasteiger partial charge in [0.2, 0.25) is 5.95 Å². The number of rotatable bonds is 9. The lowest BCUT2D eigenvalue weighted by Gasteiger charge is -2.13. The van der Waals surface area contributed by atoms with E-state index in [1.54, 1.807) is 18.2 Å². The van der Waals surface area contributed by atoms with E-state index in [4.69, 9.17) is 4.74 Å². The second-order valence-electron chi connectivity index (χ2n) is 8.68. The SMILES string of the molecule is Cc1cc(C)nc(Nc2cccc(OC(=O)CCCCCN3C(=O)c4c(Br)c(Br)c(Br)c(Br)c4C3=O)c2)n1. The van der Waals surface area contributed by atoms with Crippen LogP contribution in [-0.2, 0) is 4.79 Å². The fourth-order valence-corrected chi connectivity index (χ4v) is 6.50. The molecule has 1 aromatic heterocycles. The van der Waals surface area contributed by atoms with Gasteiger partial charge >= 0.3 is 5.97 Å². The van der Waals surface area contributed by atoms with Gasteiger partial charge in [0.25, 0.3) is 11.8 Å².